The summed E-state index contributed by atoms with van der Waals surface area (Å²) in [6.45, 7) is 3.96. The molecule has 3 rings (SSSR count). The predicted molar refractivity (Wildman–Crippen MR) is 84.2 cm³/mol. The van der Waals surface area contributed by atoms with E-state index in [2.05, 4.69) is 11.0 Å². The number of carbonyl (C=O) groups is 1. The molecule has 1 saturated heterocycles. The van der Waals surface area contributed by atoms with Gasteiger partial charge < -0.3 is 9.32 Å². The molecule has 0 spiro atoms. The van der Waals surface area contributed by atoms with Crippen LogP contribution in [0.4, 0.5) is 0 Å². The van der Waals surface area contributed by atoms with Crippen LogP contribution in [0.25, 0.3) is 0 Å². The molecule has 2 aromatic heterocycles. The normalized spacial score (nSPS) is 16.4. The Balaban J connectivity index is 1.55. The van der Waals surface area contributed by atoms with Gasteiger partial charge in [-0.15, -0.1) is 11.3 Å². The highest BCUT2D eigenvalue weighted by Crippen LogP contribution is 2.24. The van der Waals surface area contributed by atoms with Gasteiger partial charge in [0.1, 0.15) is 0 Å². The summed E-state index contributed by atoms with van der Waals surface area (Å²) in [7, 11) is 0. The number of halogens is 2. The molecule has 1 aliphatic rings. The summed E-state index contributed by atoms with van der Waals surface area (Å²) in [5, 5.41) is 0.163. The lowest BCUT2D eigenvalue weighted by atomic mass is 10.2. The molecule has 0 N–H and O–H groups in total. The zero-order valence-electron chi connectivity index (χ0n) is 11.2. The highest BCUT2D eigenvalue weighted by Gasteiger charge is 2.24. The first-order valence-electron chi connectivity index (χ1n) is 6.62. The first-order chi connectivity index (χ1) is 10.1. The van der Waals surface area contributed by atoms with Crippen molar-refractivity contribution < 1.29 is 9.21 Å². The quantitative estimate of drug-likeness (QED) is 0.853. The van der Waals surface area contributed by atoms with Crippen LogP contribution in [0, 0.1) is 0 Å². The van der Waals surface area contributed by atoms with E-state index in [1.807, 2.05) is 11.0 Å². The molecule has 0 aromatic carbocycles. The van der Waals surface area contributed by atoms with Gasteiger partial charge in [-0.1, -0.05) is 11.6 Å². The van der Waals surface area contributed by atoms with Gasteiger partial charge in [0, 0.05) is 37.6 Å². The van der Waals surface area contributed by atoms with Gasteiger partial charge in [-0.05, 0) is 29.8 Å². The lowest BCUT2D eigenvalue weighted by molar-refractivity contribution is 0.0629. The Labute approximate surface area is 136 Å². The first-order valence-corrected chi connectivity index (χ1v) is 8.19. The Morgan fingerprint density at radius 2 is 1.95 bits per heavy atom. The van der Waals surface area contributed by atoms with E-state index in [9.17, 15) is 4.79 Å². The second-order valence-electron chi connectivity index (χ2n) is 4.88. The summed E-state index contributed by atoms with van der Waals surface area (Å²) in [6.07, 6.45) is 1.44. The summed E-state index contributed by atoms with van der Waals surface area (Å²) in [4.78, 5) is 17.7. The second kappa shape index (κ2) is 6.40. The molecule has 0 aliphatic carbocycles. The number of hydrogen-bond donors (Lipinski definition) is 0. The fraction of sp³-hybridized carbons (Fsp3) is 0.357. The average molecular weight is 345 g/mol. The van der Waals surface area contributed by atoms with Crippen LogP contribution in [0.2, 0.25) is 9.56 Å². The van der Waals surface area contributed by atoms with Crippen molar-refractivity contribution in [1.82, 2.24) is 9.80 Å². The van der Waals surface area contributed by atoms with Gasteiger partial charge in [0.2, 0.25) is 5.22 Å². The number of amides is 1. The Bertz CT molecular complexity index is 632. The van der Waals surface area contributed by atoms with E-state index in [1.54, 1.807) is 17.4 Å². The lowest BCUT2D eigenvalue weighted by Crippen LogP contribution is -2.48. The van der Waals surface area contributed by atoms with Gasteiger partial charge >= 0.3 is 0 Å². The topological polar surface area (TPSA) is 36.7 Å². The lowest BCUT2D eigenvalue weighted by Gasteiger charge is -2.34. The van der Waals surface area contributed by atoms with Crippen LogP contribution in [0.3, 0.4) is 0 Å². The minimum atomic E-state index is -0.0624. The molecule has 4 nitrogen and oxygen atoms in total. The zero-order valence-corrected chi connectivity index (χ0v) is 13.5. The maximum absolute atomic E-state index is 12.3. The number of nitrogens with zero attached hydrogens (tertiary/aromatic N) is 2. The summed E-state index contributed by atoms with van der Waals surface area (Å²) in [6, 6.07) is 5.59. The van der Waals surface area contributed by atoms with Crippen molar-refractivity contribution in [2.24, 2.45) is 0 Å². The molecule has 21 heavy (non-hydrogen) atoms. The van der Waals surface area contributed by atoms with Crippen molar-refractivity contribution in [2.45, 2.75) is 6.54 Å². The van der Waals surface area contributed by atoms with Crippen LogP contribution in [0.5, 0.6) is 0 Å². The SMILES string of the molecule is O=C(c1ccoc1Cl)N1CCN(Cc2ccc(Cl)s2)CC1. The molecule has 1 aliphatic heterocycles. The number of thiophene rings is 1. The smallest absolute Gasteiger partial charge is 0.258 e. The molecule has 0 radical (unpaired) electrons. The highest BCUT2D eigenvalue weighted by molar-refractivity contribution is 7.16. The van der Waals surface area contributed by atoms with Crippen molar-refractivity contribution in [3.8, 4) is 0 Å². The van der Waals surface area contributed by atoms with Crippen LogP contribution in [-0.4, -0.2) is 41.9 Å². The van der Waals surface area contributed by atoms with Crippen LogP contribution in [-0.2, 0) is 6.54 Å². The monoisotopic (exact) mass is 344 g/mol. The van der Waals surface area contributed by atoms with Gasteiger partial charge in [-0.2, -0.15) is 0 Å². The Kier molecular flexibility index (Phi) is 4.54. The molecule has 1 fully saturated rings. The summed E-state index contributed by atoms with van der Waals surface area (Å²) in [5.74, 6) is -0.0624. The van der Waals surface area contributed by atoms with Gasteiger partial charge in [0.05, 0.1) is 16.2 Å². The van der Waals surface area contributed by atoms with Crippen LogP contribution in [0.1, 0.15) is 15.2 Å². The molecule has 112 valence electrons. The molecule has 3 heterocycles. The maximum Gasteiger partial charge on any atom is 0.258 e. The van der Waals surface area contributed by atoms with E-state index in [4.69, 9.17) is 27.6 Å². The predicted octanol–water partition coefficient (Wildman–Crippen LogP) is 3.61. The largest absolute Gasteiger partial charge is 0.452 e. The Morgan fingerprint density at radius 3 is 2.52 bits per heavy atom. The van der Waals surface area contributed by atoms with Gasteiger partial charge in [-0.25, -0.2) is 0 Å². The third kappa shape index (κ3) is 3.43. The standard InChI is InChI=1S/C14H14Cl2N2O2S/c15-12-2-1-10(21-12)9-17-4-6-18(7-5-17)14(19)11-3-8-20-13(11)16/h1-3,8H,4-7,9H2. The van der Waals surface area contributed by atoms with E-state index >= 15 is 0 Å². The highest BCUT2D eigenvalue weighted by atomic mass is 35.5. The van der Waals surface area contributed by atoms with Crippen LogP contribution in [0.15, 0.2) is 28.9 Å². The minimum absolute atomic E-state index is 0.0624. The first kappa shape index (κ1) is 14.9. The van der Waals surface area contributed by atoms with Crippen molar-refractivity contribution in [2.75, 3.05) is 26.2 Å². The summed E-state index contributed by atoms with van der Waals surface area (Å²) >= 11 is 13.4. The Morgan fingerprint density at radius 1 is 1.19 bits per heavy atom. The molecule has 0 saturated carbocycles. The van der Waals surface area contributed by atoms with Crippen molar-refractivity contribution in [3.63, 3.8) is 0 Å². The van der Waals surface area contributed by atoms with Gasteiger partial charge in [-0.3, -0.25) is 9.69 Å². The molecule has 0 bridgehead atoms. The third-order valence-corrected chi connectivity index (χ3v) is 5.02. The maximum atomic E-state index is 12.3. The van der Waals surface area contributed by atoms with Crippen molar-refractivity contribution in [3.05, 3.63) is 44.5 Å². The molecular formula is C14H14Cl2N2O2S. The third-order valence-electron chi connectivity index (χ3n) is 3.52. The van der Waals surface area contributed by atoms with Gasteiger partial charge in [0.25, 0.3) is 5.91 Å². The van der Waals surface area contributed by atoms with Gasteiger partial charge in [0.15, 0.2) is 0 Å². The fourth-order valence-corrected chi connectivity index (χ4v) is 3.71. The van der Waals surface area contributed by atoms with E-state index in [-0.39, 0.29) is 11.1 Å². The molecule has 2 aromatic rings. The summed E-state index contributed by atoms with van der Waals surface area (Å²) in [5.41, 5.74) is 0.440. The molecule has 0 atom stereocenters. The number of rotatable bonds is 3. The minimum Gasteiger partial charge on any atom is -0.452 e. The number of carbonyl (C=O) groups excluding carboxylic acids is 1. The number of hydrogen-bond acceptors (Lipinski definition) is 4. The molecular weight excluding hydrogens is 331 g/mol. The van der Waals surface area contributed by atoms with Crippen LogP contribution < -0.4 is 0 Å². The van der Waals surface area contributed by atoms with Crippen LogP contribution >= 0.6 is 34.5 Å². The molecule has 0 unspecified atom stereocenters. The van der Waals surface area contributed by atoms with Crippen molar-refractivity contribution in [1.29, 1.82) is 0 Å². The van der Waals surface area contributed by atoms with E-state index in [0.717, 1.165) is 24.0 Å². The zero-order chi connectivity index (χ0) is 14.8. The average Bonchev–Trinajstić information content (AvgIpc) is 3.08. The van der Waals surface area contributed by atoms with E-state index in [1.165, 1.54) is 11.1 Å². The van der Waals surface area contributed by atoms with E-state index < -0.39 is 0 Å². The van der Waals surface area contributed by atoms with E-state index in [0.29, 0.717) is 18.7 Å². The number of piperazine rings is 1. The van der Waals surface area contributed by atoms with Crippen molar-refractivity contribution >= 4 is 40.4 Å². The number of furan rings is 1. The summed E-state index contributed by atoms with van der Waals surface area (Å²) < 4.78 is 5.79. The Hall–Kier alpha value is -1.01. The fourth-order valence-electron chi connectivity index (χ4n) is 2.38. The molecule has 1 amide bonds. The molecule has 7 heteroatoms. The second-order valence-corrected chi connectivity index (χ2v) is 7.03.